The number of likely N-dealkylation sites (tertiary alicyclic amines) is 1. The molecule has 0 aliphatic carbocycles. The molecule has 33 heavy (non-hydrogen) atoms. The van der Waals surface area contributed by atoms with Crippen molar-refractivity contribution in [1.82, 2.24) is 35.2 Å². The third-order valence-electron chi connectivity index (χ3n) is 6.10. The van der Waals surface area contributed by atoms with E-state index in [1.54, 1.807) is 0 Å². The average Bonchev–Trinajstić information content (AvgIpc) is 3.38. The van der Waals surface area contributed by atoms with Gasteiger partial charge in [0, 0.05) is 51.4 Å². The van der Waals surface area contributed by atoms with Gasteiger partial charge in [-0.05, 0) is 37.8 Å². The molecule has 0 saturated carbocycles. The van der Waals surface area contributed by atoms with Crippen LogP contribution in [0.4, 0.5) is 0 Å². The summed E-state index contributed by atoms with van der Waals surface area (Å²) in [5.41, 5.74) is 2.13. The van der Waals surface area contributed by atoms with Gasteiger partial charge in [0.1, 0.15) is 6.33 Å². The summed E-state index contributed by atoms with van der Waals surface area (Å²) in [5, 5.41) is 10.3. The smallest absolute Gasteiger partial charge is 0.236 e. The Labute approximate surface area is 213 Å². The van der Waals surface area contributed by atoms with Crippen molar-refractivity contribution >= 4 is 35.8 Å². The van der Waals surface area contributed by atoms with E-state index in [9.17, 15) is 4.79 Å². The van der Waals surface area contributed by atoms with E-state index in [1.807, 2.05) is 17.0 Å². The highest BCUT2D eigenvalue weighted by atomic mass is 127. The fraction of sp³-hybridized carbons (Fsp3) is 0.565. The lowest BCUT2D eigenvalue weighted by molar-refractivity contribution is -0.133. The van der Waals surface area contributed by atoms with Gasteiger partial charge in [-0.15, -0.1) is 24.0 Å². The molecule has 0 unspecified atom stereocenters. The Morgan fingerprint density at radius 1 is 1.09 bits per heavy atom. The molecule has 0 spiro atoms. The van der Waals surface area contributed by atoms with Crippen LogP contribution in [0.25, 0.3) is 11.4 Å². The molecule has 0 atom stereocenters. The van der Waals surface area contributed by atoms with Crippen molar-refractivity contribution in [3.8, 4) is 11.4 Å². The predicted molar refractivity (Wildman–Crippen MR) is 140 cm³/mol. The number of nitrogens with zero attached hydrogens (tertiary/aromatic N) is 6. The number of hydrogen-bond donors (Lipinski definition) is 2. The third-order valence-corrected chi connectivity index (χ3v) is 6.10. The Morgan fingerprint density at radius 2 is 1.88 bits per heavy atom. The molecular weight excluding hydrogens is 531 g/mol. The molecule has 2 saturated heterocycles. The molecule has 2 aliphatic heterocycles. The number of H-pyrrole nitrogens is 1. The van der Waals surface area contributed by atoms with E-state index >= 15 is 0 Å². The third kappa shape index (κ3) is 7.13. The minimum Gasteiger partial charge on any atom is -0.357 e. The minimum atomic E-state index is 0. The number of aromatic nitrogens is 3. The molecular formula is C23H35IN8O. The summed E-state index contributed by atoms with van der Waals surface area (Å²) in [6.45, 7) is 9.40. The molecule has 0 bridgehead atoms. The Kier molecular flexibility index (Phi) is 9.92. The van der Waals surface area contributed by atoms with Gasteiger partial charge in [0.25, 0.3) is 0 Å². The van der Waals surface area contributed by atoms with E-state index in [4.69, 9.17) is 4.99 Å². The fourth-order valence-corrected chi connectivity index (χ4v) is 4.31. The number of guanidine groups is 1. The first-order chi connectivity index (χ1) is 15.7. The van der Waals surface area contributed by atoms with E-state index in [0.29, 0.717) is 13.1 Å². The zero-order valence-electron chi connectivity index (χ0n) is 19.4. The number of halogens is 1. The normalized spacial score (nSPS) is 17.5. The summed E-state index contributed by atoms with van der Waals surface area (Å²) in [7, 11) is 0. The molecule has 1 aromatic carbocycles. The van der Waals surface area contributed by atoms with Gasteiger partial charge in [0.05, 0.1) is 13.1 Å². The highest BCUT2D eigenvalue weighted by Gasteiger charge is 2.24. The van der Waals surface area contributed by atoms with E-state index in [2.05, 4.69) is 49.4 Å². The number of benzene rings is 1. The van der Waals surface area contributed by atoms with Gasteiger partial charge in [0.2, 0.25) is 5.91 Å². The first kappa shape index (κ1) is 25.4. The molecule has 2 aliphatic rings. The van der Waals surface area contributed by atoms with Crippen LogP contribution < -0.4 is 5.32 Å². The summed E-state index contributed by atoms with van der Waals surface area (Å²) >= 11 is 0. The van der Waals surface area contributed by atoms with E-state index in [1.165, 1.54) is 12.7 Å². The van der Waals surface area contributed by atoms with E-state index < -0.39 is 0 Å². The number of piperazine rings is 1. The Morgan fingerprint density at radius 3 is 2.58 bits per heavy atom. The van der Waals surface area contributed by atoms with Crippen LogP contribution in [0.2, 0.25) is 0 Å². The molecule has 1 amide bonds. The average molecular weight is 566 g/mol. The summed E-state index contributed by atoms with van der Waals surface area (Å²) in [6.07, 6.45) is 5.05. The lowest BCUT2D eigenvalue weighted by Crippen LogP contribution is -2.54. The zero-order chi connectivity index (χ0) is 22.2. The number of amides is 1. The van der Waals surface area contributed by atoms with Crippen LogP contribution in [0.15, 0.2) is 35.6 Å². The molecule has 2 fully saturated rings. The SMILES string of the molecule is CCNC(=NCc1cccc(-c2ncn[nH]2)c1)N1CCN(CC(=O)N2CCCCC2)CC1.I. The topological polar surface area (TPSA) is 92.7 Å². The van der Waals surface area contributed by atoms with Crippen LogP contribution in [0, 0.1) is 0 Å². The first-order valence-corrected chi connectivity index (χ1v) is 11.7. The second kappa shape index (κ2) is 12.9. The molecule has 4 rings (SSSR count). The van der Waals surface area contributed by atoms with Gasteiger partial charge in [-0.1, -0.05) is 18.2 Å². The van der Waals surface area contributed by atoms with Crippen LogP contribution >= 0.6 is 24.0 Å². The minimum absolute atomic E-state index is 0. The van der Waals surface area contributed by atoms with Gasteiger partial charge in [-0.25, -0.2) is 9.98 Å². The maximum absolute atomic E-state index is 12.6. The number of carbonyl (C=O) groups excluding carboxylic acids is 1. The summed E-state index contributed by atoms with van der Waals surface area (Å²) in [5.74, 6) is 1.97. The van der Waals surface area contributed by atoms with Crippen LogP contribution in [-0.2, 0) is 11.3 Å². The number of hydrogen-bond acceptors (Lipinski definition) is 5. The maximum Gasteiger partial charge on any atom is 0.236 e. The number of aliphatic imine (C=N–C) groups is 1. The van der Waals surface area contributed by atoms with Crippen molar-refractivity contribution in [2.24, 2.45) is 4.99 Å². The standard InChI is InChI=1S/C23H34N8O.HI/c1-2-24-23(25-16-19-7-6-8-20(15-19)22-26-18-27-28-22)31-13-11-29(12-14-31)17-21(32)30-9-4-3-5-10-30;/h6-8,15,18H,2-5,9-14,16-17H2,1H3,(H,24,25)(H,26,27,28);1H. The molecule has 9 nitrogen and oxygen atoms in total. The van der Waals surface area contributed by atoms with Crippen LogP contribution in [0.1, 0.15) is 31.7 Å². The monoisotopic (exact) mass is 566 g/mol. The second-order valence-corrected chi connectivity index (χ2v) is 8.41. The fourth-order valence-electron chi connectivity index (χ4n) is 4.31. The van der Waals surface area contributed by atoms with E-state index in [0.717, 1.165) is 81.6 Å². The largest absolute Gasteiger partial charge is 0.357 e. The second-order valence-electron chi connectivity index (χ2n) is 8.41. The summed E-state index contributed by atoms with van der Waals surface area (Å²) in [4.78, 5) is 28.3. The number of aromatic amines is 1. The van der Waals surface area contributed by atoms with Crippen molar-refractivity contribution in [3.05, 3.63) is 36.2 Å². The lowest BCUT2D eigenvalue weighted by atomic mass is 10.1. The van der Waals surface area contributed by atoms with Gasteiger partial charge in [-0.3, -0.25) is 14.8 Å². The molecule has 2 N–H and O–H groups in total. The molecule has 10 heteroatoms. The van der Waals surface area contributed by atoms with E-state index in [-0.39, 0.29) is 29.9 Å². The number of rotatable bonds is 6. The van der Waals surface area contributed by atoms with Crippen molar-refractivity contribution in [2.45, 2.75) is 32.7 Å². The molecule has 180 valence electrons. The van der Waals surface area contributed by atoms with Gasteiger partial charge in [0.15, 0.2) is 11.8 Å². The maximum atomic E-state index is 12.6. The highest BCUT2D eigenvalue weighted by Crippen LogP contribution is 2.16. The first-order valence-electron chi connectivity index (χ1n) is 11.7. The van der Waals surface area contributed by atoms with Crippen molar-refractivity contribution < 1.29 is 4.79 Å². The quantitative estimate of drug-likeness (QED) is 0.317. The van der Waals surface area contributed by atoms with Crippen LogP contribution in [0.3, 0.4) is 0 Å². The predicted octanol–water partition coefficient (Wildman–Crippen LogP) is 2.19. The van der Waals surface area contributed by atoms with Gasteiger partial charge < -0.3 is 15.1 Å². The van der Waals surface area contributed by atoms with Crippen molar-refractivity contribution in [1.29, 1.82) is 0 Å². The number of carbonyl (C=O) groups is 1. The van der Waals surface area contributed by atoms with Crippen molar-refractivity contribution in [2.75, 3.05) is 52.4 Å². The molecule has 3 heterocycles. The molecule has 1 aromatic heterocycles. The number of piperidine rings is 1. The highest BCUT2D eigenvalue weighted by molar-refractivity contribution is 14.0. The van der Waals surface area contributed by atoms with Gasteiger partial charge in [-0.2, -0.15) is 5.10 Å². The molecule has 2 aromatic rings. The van der Waals surface area contributed by atoms with Crippen LogP contribution in [-0.4, -0.2) is 94.1 Å². The Bertz CT molecular complexity index is 890. The van der Waals surface area contributed by atoms with Gasteiger partial charge >= 0.3 is 0 Å². The summed E-state index contributed by atoms with van der Waals surface area (Å²) in [6, 6.07) is 8.21. The Hall–Kier alpha value is -2.21. The van der Waals surface area contributed by atoms with Crippen LogP contribution in [0.5, 0.6) is 0 Å². The molecule has 0 radical (unpaired) electrons. The zero-order valence-corrected chi connectivity index (χ0v) is 21.7. The summed E-state index contributed by atoms with van der Waals surface area (Å²) < 4.78 is 0. The lowest BCUT2D eigenvalue weighted by Gasteiger charge is -2.37. The number of nitrogens with one attached hydrogen (secondary N) is 2. The van der Waals surface area contributed by atoms with Crippen molar-refractivity contribution in [3.63, 3.8) is 0 Å². The Balaban J connectivity index is 0.00000306.